The van der Waals surface area contributed by atoms with Crippen molar-refractivity contribution in [1.82, 2.24) is 9.88 Å². The Balaban J connectivity index is 1.49. The minimum Gasteiger partial charge on any atom is -0.493 e. The number of hydrogen-bond acceptors (Lipinski definition) is 6. The number of aliphatic hydroxyl groups is 1. The second-order valence-corrected chi connectivity index (χ2v) is 8.41. The van der Waals surface area contributed by atoms with E-state index >= 15 is 0 Å². The number of fused-ring (bicyclic) bond motifs is 2. The zero-order valence-electron chi connectivity index (χ0n) is 17.9. The number of ether oxygens (including phenoxy) is 3. The Labute approximate surface area is 178 Å². The van der Waals surface area contributed by atoms with Crippen LogP contribution in [0.25, 0.3) is 0 Å². The molecule has 6 heteroatoms. The number of piperidine rings is 1. The maximum absolute atomic E-state index is 11.7. The molecule has 2 heterocycles. The van der Waals surface area contributed by atoms with Gasteiger partial charge in [-0.2, -0.15) is 0 Å². The lowest BCUT2D eigenvalue weighted by Crippen LogP contribution is -2.57. The Morgan fingerprint density at radius 1 is 1.10 bits per heavy atom. The Kier molecular flexibility index (Phi) is 6.56. The van der Waals surface area contributed by atoms with Gasteiger partial charge in [-0.05, 0) is 36.6 Å². The SMILES string of the molecule is COCCOc1cc(CN2CC3CCCC(C2)C3(O)c2cccnc2)ccc1OC. The molecule has 0 radical (unpaired) electrons. The van der Waals surface area contributed by atoms with Gasteiger partial charge < -0.3 is 19.3 Å². The smallest absolute Gasteiger partial charge is 0.161 e. The predicted octanol–water partition coefficient (Wildman–Crippen LogP) is 3.24. The topological polar surface area (TPSA) is 64.1 Å². The third kappa shape index (κ3) is 4.17. The number of pyridine rings is 1. The van der Waals surface area contributed by atoms with Crippen molar-refractivity contribution in [2.45, 2.75) is 31.4 Å². The van der Waals surface area contributed by atoms with Gasteiger partial charge in [0.1, 0.15) is 6.61 Å². The molecule has 2 fully saturated rings. The lowest BCUT2D eigenvalue weighted by Gasteiger charge is -2.53. The van der Waals surface area contributed by atoms with E-state index in [0.29, 0.717) is 13.2 Å². The molecule has 4 rings (SSSR count). The lowest BCUT2D eigenvalue weighted by molar-refractivity contribution is -0.148. The van der Waals surface area contributed by atoms with Crippen LogP contribution in [0.1, 0.15) is 30.4 Å². The fourth-order valence-electron chi connectivity index (χ4n) is 5.17. The number of methoxy groups -OCH3 is 2. The van der Waals surface area contributed by atoms with Crippen LogP contribution in [0.2, 0.25) is 0 Å². The molecule has 30 heavy (non-hydrogen) atoms. The van der Waals surface area contributed by atoms with Crippen LogP contribution in [0.5, 0.6) is 11.5 Å². The van der Waals surface area contributed by atoms with Gasteiger partial charge in [-0.1, -0.05) is 18.6 Å². The number of hydrogen-bond donors (Lipinski definition) is 1. The monoisotopic (exact) mass is 412 g/mol. The van der Waals surface area contributed by atoms with Crippen molar-refractivity contribution in [3.63, 3.8) is 0 Å². The summed E-state index contributed by atoms with van der Waals surface area (Å²) in [6, 6.07) is 10.1. The third-order valence-corrected chi connectivity index (χ3v) is 6.61. The number of rotatable bonds is 8. The number of nitrogens with zero attached hydrogens (tertiary/aromatic N) is 2. The minimum atomic E-state index is -0.767. The van der Waals surface area contributed by atoms with E-state index in [4.69, 9.17) is 14.2 Å². The second-order valence-electron chi connectivity index (χ2n) is 8.41. The highest BCUT2D eigenvalue weighted by Crippen LogP contribution is 2.49. The molecule has 162 valence electrons. The number of likely N-dealkylation sites (tertiary alicyclic amines) is 1. The first kappa shape index (κ1) is 21.1. The molecular weight excluding hydrogens is 380 g/mol. The number of benzene rings is 1. The van der Waals surface area contributed by atoms with E-state index in [0.717, 1.165) is 49.5 Å². The van der Waals surface area contributed by atoms with Crippen LogP contribution in [-0.2, 0) is 16.9 Å². The molecule has 6 nitrogen and oxygen atoms in total. The first-order valence-corrected chi connectivity index (χ1v) is 10.8. The molecule has 2 unspecified atom stereocenters. The van der Waals surface area contributed by atoms with E-state index in [-0.39, 0.29) is 11.8 Å². The lowest BCUT2D eigenvalue weighted by atomic mass is 9.63. The maximum atomic E-state index is 11.7. The Hall–Kier alpha value is -2.15. The summed E-state index contributed by atoms with van der Waals surface area (Å²) in [5.41, 5.74) is 1.39. The molecule has 1 aromatic heterocycles. The molecule has 2 aliphatic rings. The van der Waals surface area contributed by atoms with Crippen molar-refractivity contribution in [1.29, 1.82) is 0 Å². The zero-order valence-corrected chi connectivity index (χ0v) is 17.9. The molecular formula is C24H32N2O4. The van der Waals surface area contributed by atoms with Crippen LogP contribution in [0.4, 0.5) is 0 Å². The van der Waals surface area contributed by atoms with E-state index < -0.39 is 5.60 Å². The quantitative estimate of drug-likeness (QED) is 0.672. The van der Waals surface area contributed by atoms with Crippen LogP contribution in [0, 0.1) is 11.8 Å². The molecule has 1 N–H and O–H groups in total. The largest absolute Gasteiger partial charge is 0.493 e. The minimum absolute atomic E-state index is 0.227. The van der Waals surface area contributed by atoms with Crippen LogP contribution < -0.4 is 9.47 Å². The maximum Gasteiger partial charge on any atom is 0.161 e. The van der Waals surface area contributed by atoms with E-state index in [1.807, 2.05) is 24.4 Å². The van der Waals surface area contributed by atoms with E-state index in [2.05, 4.69) is 22.0 Å². The van der Waals surface area contributed by atoms with Crippen LogP contribution in [0.3, 0.4) is 0 Å². The summed E-state index contributed by atoms with van der Waals surface area (Å²) in [6.45, 7) is 3.63. The van der Waals surface area contributed by atoms with Crippen molar-refractivity contribution in [2.24, 2.45) is 11.8 Å². The van der Waals surface area contributed by atoms with Gasteiger partial charge in [0.2, 0.25) is 0 Å². The van der Waals surface area contributed by atoms with Crippen molar-refractivity contribution < 1.29 is 19.3 Å². The summed E-state index contributed by atoms with van der Waals surface area (Å²) in [4.78, 5) is 6.74. The zero-order chi connectivity index (χ0) is 21.0. The van der Waals surface area contributed by atoms with Gasteiger partial charge in [0.25, 0.3) is 0 Å². The van der Waals surface area contributed by atoms with E-state index in [9.17, 15) is 5.11 Å². The average Bonchev–Trinajstić information content (AvgIpc) is 2.75. The summed E-state index contributed by atoms with van der Waals surface area (Å²) in [6.07, 6.45) is 6.90. The average molecular weight is 413 g/mol. The molecule has 1 aliphatic carbocycles. The molecule has 1 aromatic carbocycles. The molecule has 2 bridgehead atoms. The molecule has 1 aliphatic heterocycles. The highest BCUT2D eigenvalue weighted by Gasteiger charge is 2.51. The van der Waals surface area contributed by atoms with Crippen LogP contribution in [0.15, 0.2) is 42.7 Å². The molecule has 1 saturated carbocycles. The Morgan fingerprint density at radius 2 is 1.90 bits per heavy atom. The first-order chi connectivity index (χ1) is 14.6. The molecule has 0 amide bonds. The van der Waals surface area contributed by atoms with Gasteiger partial charge in [-0.25, -0.2) is 0 Å². The fourth-order valence-corrected chi connectivity index (χ4v) is 5.17. The van der Waals surface area contributed by atoms with Crippen LogP contribution >= 0.6 is 0 Å². The summed E-state index contributed by atoms with van der Waals surface area (Å²) >= 11 is 0. The van der Waals surface area contributed by atoms with Gasteiger partial charge in [0.15, 0.2) is 11.5 Å². The summed E-state index contributed by atoms with van der Waals surface area (Å²) < 4.78 is 16.4. The van der Waals surface area contributed by atoms with Crippen molar-refractivity contribution in [3.05, 3.63) is 53.9 Å². The summed E-state index contributed by atoms with van der Waals surface area (Å²) in [7, 11) is 3.32. The summed E-state index contributed by atoms with van der Waals surface area (Å²) in [5, 5.41) is 11.7. The Morgan fingerprint density at radius 3 is 2.57 bits per heavy atom. The van der Waals surface area contributed by atoms with Gasteiger partial charge in [-0.3, -0.25) is 9.88 Å². The molecule has 1 saturated heterocycles. The van der Waals surface area contributed by atoms with E-state index in [1.54, 1.807) is 20.4 Å². The molecule has 0 spiro atoms. The van der Waals surface area contributed by atoms with Crippen LogP contribution in [-0.4, -0.2) is 55.5 Å². The first-order valence-electron chi connectivity index (χ1n) is 10.8. The second kappa shape index (κ2) is 9.33. The van der Waals surface area contributed by atoms with Crippen molar-refractivity contribution >= 4 is 0 Å². The van der Waals surface area contributed by atoms with E-state index in [1.165, 1.54) is 12.0 Å². The summed E-state index contributed by atoms with van der Waals surface area (Å²) in [5.74, 6) is 1.93. The Bertz CT molecular complexity index is 815. The standard InChI is InChI=1S/C24H32N2O4/c1-28-11-12-30-23-13-18(8-9-22(23)29-2)15-26-16-20-5-3-6-21(17-26)24(20,27)19-7-4-10-25-14-19/h4,7-10,13-14,20-21,27H,3,5-6,11-12,15-17H2,1-2H3. The third-order valence-electron chi connectivity index (χ3n) is 6.61. The highest BCUT2D eigenvalue weighted by atomic mass is 16.5. The molecule has 2 aromatic rings. The number of aromatic nitrogens is 1. The normalized spacial score (nSPS) is 26.4. The molecule has 2 atom stereocenters. The highest BCUT2D eigenvalue weighted by molar-refractivity contribution is 5.43. The fraction of sp³-hybridized carbons (Fsp3) is 0.542. The van der Waals surface area contributed by atoms with Crippen molar-refractivity contribution in [3.8, 4) is 11.5 Å². The van der Waals surface area contributed by atoms with Gasteiger partial charge in [0, 0.05) is 56.5 Å². The van der Waals surface area contributed by atoms with Gasteiger partial charge in [0.05, 0.1) is 19.3 Å². The predicted molar refractivity (Wildman–Crippen MR) is 115 cm³/mol. The van der Waals surface area contributed by atoms with Gasteiger partial charge >= 0.3 is 0 Å². The van der Waals surface area contributed by atoms with Crippen molar-refractivity contribution in [2.75, 3.05) is 40.5 Å². The van der Waals surface area contributed by atoms with Gasteiger partial charge in [-0.15, -0.1) is 0 Å².